The van der Waals surface area contributed by atoms with Crippen LogP contribution in [-0.4, -0.2) is 28.2 Å². The number of rotatable bonds is 6. The quantitative estimate of drug-likeness (QED) is 0.417. The summed E-state index contributed by atoms with van der Waals surface area (Å²) in [5, 5.41) is 4.20. The third-order valence-electron chi connectivity index (χ3n) is 5.90. The average Bonchev–Trinajstić information content (AvgIpc) is 3.43. The van der Waals surface area contributed by atoms with Crippen LogP contribution in [0.3, 0.4) is 0 Å². The van der Waals surface area contributed by atoms with Crippen LogP contribution < -0.4 is 15.6 Å². The van der Waals surface area contributed by atoms with Crippen molar-refractivity contribution in [3.8, 4) is 16.2 Å². The van der Waals surface area contributed by atoms with Gasteiger partial charge in [-0.2, -0.15) is 0 Å². The zero-order chi connectivity index (χ0) is 22.1. The van der Waals surface area contributed by atoms with E-state index < -0.39 is 0 Å². The SMILES string of the molecule is C[C@@]1(COc2cccc(Cn3cnc4cc(-c5ccc(Cl)cc5)sc4c3=O)c2)CCCN1. The number of hydrogen-bond donors (Lipinski definition) is 1. The van der Waals surface area contributed by atoms with Crippen molar-refractivity contribution in [2.45, 2.75) is 31.8 Å². The van der Waals surface area contributed by atoms with Crippen LogP contribution in [0.4, 0.5) is 0 Å². The molecule has 5 rings (SSSR count). The molecule has 1 aliphatic rings. The second-order valence-electron chi connectivity index (χ2n) is 8.54. The van der Waals surface area contributed by atoms with Crippen molar-refractivity contribution in [3.05, 3.63) is 81.9 Å². The molecule has 1 fully saturated rings. The molecule has 3 heterocycles. The summed E-state index contributed by atoms with van der Waals surface area (Å²) in [6.07, 6.45) is 3.92. The third kappa shape index (κ3) is 4.44. The van der Waals surface area contributed by atoms with Crippen molar-refractivity contribution in [1.29, 1.82) is 0 Å². The molecule has 164 valence electrons. The predicted octanol–water partition coefficient (Wildman–Crippen LogP) is 5.35. The Labute approximate surface area is 195 Å². The van der Waals surface area contributed by atoms with Gasteiger partial charge in [0, 0.05) is 15.4 Å². The number of benzene rings is 2. The van der Waals surface area contributed by atoms with Crippen molar-refractivity contribution >= 4 is 33.2 Å². The number of ether oxygens (including phenoxy) is 1. The molecule has 32 heavy (non-hydrogen) atoms. The second kappa shape index (κ2) is 8.70. The molecule has 1 saturated heterocycles. The van der Waals surface area contributed by atoms with Crippen molar-refractivity contribution < 1.29 is 4.74 Å². The molecule has 0 radical (unpaired) electrons. The van der Waals surface area contributed by atoms with Crippen LogP contribution >= 0.6 is 22.9 Å². The number of nitrogens with zero attached hydrogens (tertiary/aromatic N) is 2. The van der Waals surface area contributed by atoms with E-state index in [1.807, 2.05) is 54.6 Å². The van der Waals surface area contributed by atoms with Gasteiger partial charge < -0.3 is 10.1 Å². The van der Waals surface area contributed by atoms with Crippen LogP contribution in [0.2, 0.25) is 5.02 Å². The first-order chi connectivity index (χ1) is 15.5. The molecular weight excluding hydrogens is 442 g/mol. The van der Waals surface area contributed by atoms with Gasteiger partial charge in [-0.25, -0.2) is 4.98 Å². The monoisotopic (exact) mass is 465 g/mol. The van der Waals surface area contributed by atoms with Crippen LogP contribution in [0.5, 0.6) is 5.75 Å². The van der Waals surface area contributed by atoms with Crippen molar-refractivity contribution in [2.75, 3.05) is 13.2 Å². The fourth-order valence-electron chi connectivity index (χ4n) is 4.07. The lowest BCUT2D eigenvalue weighted by Gasteiger charge is -2.24. The number of halogens is 1. The Bertz CT molecular complexity index is 1310. The first kappa shape index (κ1) is 21.2. The van der Waals surface area contributed by atoms with Gasteiger partial charge in [0.15, 0.2) is 0 Å². The highest BCUT2D eigenvalue weighted by molar-refractivity contribution is 7.22. The molecule has 4 aromatic rings. The molecule has 0 bridgehead atoms. The summed E-state index contributed by atoms with van der Waals surface area (Å²) in [7, 11) is 0. The zero-order valence-corrected chi connectivity index (χ0v) is 19.4. The number of fused-ring (bicyclic) bond motifs is 1. The maximum absolute atomic E-state index is 13.1. The summed E-state index contributed by atoms with van der Waals surface area (Å²) >= 11 is 7.46. The highest BCUT2D eigenvalue weighted by Gasteiger charge is 2.28. The van der Waals surface area contributed by atoms with Gasteiger partial charge in [-0.15, -0.1) is 11.3 Å². The van der Waals surface area contributed by atoms with Gasteiger partial charge in [0.2, 0.25) is 0 Å². The van der Waals surface area contributed by atoms with Crippen molar-refractivity contribution in [3.63, 3.8) is 0 Å². The van der Waals surface area contributed by atoms with E-state index in [0.717, 1.165) is 40.2 Å². The van der Waals surface area contributed by atoms with Gasteiger partial charge in [-0.3, -0.25) is 9.36 Å². The minimum Gasteiger partial charge on any atom is -0.492 e. The van der Waals surface area contributed by atoms with Gasteiger partial charge in [0.05, 0.1) is 18.4 Å². The lowest BCUT2D eigenvalue weighted by atomic mass is 10.0. The van der Waals surface area contributed by atoms with E-state index in [9.17, 15) is 4.79 Å². The number of thiophene rings is 1. The molecule has 1 N–H and O–H groups in total. The van der Waals surface area contributed by atoms with Crippen LogP contribution in [0.25, 0.3) is 20.7 Å². The lowest BCUT2D eigenvalue weighted by Crippen LogP contribution is -2.42. The molecule has 0 saturated carbocycles. The molecule has 0 amide bonds. The largest absolute Gasteiger partial charge is 0.492 e. The zero-order valence-electron chi connectivity index (χ0n) is 17.8. The van der Waals surface area contributed by atoms with Crippen LogP contribution in [-0.2, 0) is 6.54 Å². The molecular formula is C25H24ClN3O2S. The molecule has 2 aromatic carbocycles. The first-order valence-corrected chi connectivity index (χ1v) is 11.9. The third-order valence-corrected chi connectivity index (χ3v) is 7.31. The molecule has 0 aliphatic carbocycles. The molecule has 0 spiro atoms. The molecule has 2 aromatic heterocycles. The van der Waals surface area contributed by atoms with Crippen LogP contribution in [0.1, 0.15) is 25.3 Å². The van der Waals surface area contributed by atoms with Crippen molar-refractivity contribution in [1.82, 2.24) is 14.9 Å². The smallest absolute Gasteiger partial charge is 0.271 e. The molecule has 1 aliphatic heterocycles. The fraction of sp³-hybridized carbons (Fsp3) is 0.280. The number of aromatic nitrogens is 2. The Morgan fingerprint density at radius 3 is 2.84 bits per heavy atom. The van der Waals surface area contributed by atoms with Crippen LogP contribution in [0.15, 0.2) is 65.7 Å². The summed E-state index contributed by atoms with van der Waals surface area (Å²) in [5.74, 6) is 0.820. The van der Waals surface area contributed by atoms with Gasteiger partial charge in [-0.05, 0) is 67.8 Å². The van der Waals surface area contributed by atoms with Gasteiger partial charge in [0.1, 0.15) is 17.1 Å². The maximum Gasteiger partial charge on any atom is 0.271 e. The van der Waals surface area contributed by atoms with E-state index in [4.69, 9.17) is 16.3 Å². The van der Waals surface area contributed by atoms with Crippen molar-refractivity contribution in [2.24, 2.45) is 0 Å². The Morgan fingerprint density at radius 2 is 2.06 bits per heavy atom. The van der Waals surface area contributed by atoms with Gasteiger partial charge in [-0.1, -0.05) is 35.9 Å². The van der Waals surface area contributed by atoms with E-state index in [-0.39, 0.29) is 11.1 Å². The Kier molecular flexibility index (Phi) is 5.76. The van der Waals surface area contributed by atoms with E-state index >= 15 is 0 Å². The minimum absolute atomic E-state index is 0.0306. The Balaban J connectivity index is 1.36. The summed E-state index contributed by atoms with van der Waals surface area (Å²) in [4.78, 5) is 18.7. The lowest BCUT2D eigenvalue weighted by molar-refractivity contribution is 0.212. The maximum atomic E-state index is 13.1. The molecule has 1 atom stereocenters. The fourth-order valence-corrected chi connectivity index (χ4v) is 5.26. The molecule has 0 unspecified atom stereocenters. The second-order valence-corrected chi connectivity index (χ2v) is 10.0. The summed E-state index contributed by atoms with van der Waals surface area (Å²) in [5.41, 5.74) is 2.75. The summed E-state index contributed by atoms with van der Waals surface area (Å²) in [6.45, 7) is 4.32. The first-order valence-electron chi connectivity index (χ1n) is 10.7. The van der Waals surface area contributed by atoms with E-state index in [1.165, 1.54) is 17.8 Å². The topological polar surface area (TPSA) is 56.2 Å². The summed E-state index contributed by atoms with van der Waals surface area (Å²) in [6, 6.07) is 17.5. The van der Waals surface area contributed by atoms with Gasteiger partial charge >= 0.3 is 0 Å². The van der Waals surface area contributed by atoms with E-state index in [0.29, 0.717) is 22.9 Å². The molecule has 5 nitrogen and oxygen atoms in total. The Hall–Kier alpha value is -2.67. The van der Waals surface area contributed by atoms with E-state index in [2.05, 4.69) is 17.2 Å². The Morgan fingerprint density at radius 1 is 1.22 bits per heavy atom. The normalized spacial score (nSPS) is 18.3. The predicted molar refractivity (Wildman–Crippen MR) is 131 cm³/mol. The highest BCUT2D eigenvalue weighted by atomic mass is 35.5. The average molecular weight is 466 g/mol. The summed E-state index contributed by atoms with van der Waals surface area (Å²) < 4.78 is 8.37. The standard InChI is InChI=1S/C25H24ClN3O2S/c1-25(10-3-11-28-25)15-31-20-5-2-4-17(12-20)14-29-16-27-21-13-22(32-23(21)24(29)30)18-6-8-19(26)9-7-18/h2,4-9,12-13,16,28H,3,10-11,14-15H2,1H3/t25-/m0/s1. The van der Waals surface area contributed by atoms with E-state index in [1.54, 1.807) is 10.9 Å². The number of nitrogens with one attached hydrogen (secondary N) is 1. The minimum atomic E-state index is -0.0331. The highest BCUT2D eigenvalue weighted by Crippen LogP contribution is 2.31. The van der Waals surface area contributed by atoms with Gasteiger partial charge in [0.25, 0.3) is 5.56 Å². The number of hydrogen-bond acceptors (Lipinski definition) is 5. The van der Waals surface area contributed by atoms with Crippen LogP contribution in [0, 0.1) is 0 Å². The molecule has 7 heteroatoms.